The van der Waals surface area contributed by atoms with E-state index in [-0.39, 0.29) is 0 Å². The van der Waals surface area contributed by atoms with Gasteiger partial charge in [0.1, 0.15) is 0 Å². The van der Waals surface area contributed by atoms with Crippen LogP contribution in [0.1, 0.15) is 57.9 Å². The summed E-state index contributed by atoms with van der Waals surface area (Å²) in [5, 5.41) is 15.0. The molecule has 0 spiro atoms. The number of nitrogens with zero attached hydrogens (tertiary/aromatic N) is 2. The second-order valence-electron chi connectivity index (χ2n) is 6.84. The van der Waals surface area contributed by atoms with Crippen LogP contribution in [0.5, 0.6) is 0 Å². The number of hydrogen-bond donors (Lipinski definition) is 1. The first-order valence-electron chi connectivity index (χ1n) is 7.67. The van der Waals surface area contributed by atoms with Crippen molar-refractivity contribution in [2.24, 2.45) is 18.9 Å². The summed E-state index contributed by atoms with van der Waals surface area (Å²) in [6, 6.07) is 0. The normalized spacial score (nSPS) is 27.9. The molecule has 3 nitrogen and oxygen atoms in total. The Morgan fingerprint density at radius 3 is 2.95 bits per heavy atom. The molecule has 2 unspecified atom stereocenters. The summed E-state index contributed by atoms with van der Waals surface area (Å²) in [4.78, 5) is 0. The van der Waals surface area contributed by atoms with Gasteiger partial charge in [-0.15, -0.1) is 0 Å². The van der Waals surface area contributed by atoms with E-state index in [0.29, 0.717) is 5.92 Å². The highest BCUT2D eigenvalue weighted by molar-refractivity contribution is 5.05. The summed E-state index contributed by atoms with van der Waals surface area (Å²) < 4.78 is 1.84. The third kappa shape index (κ3) is 4.34. The van der Waals surface area contributed by atoms with E-state index in [9.17, 15) is 5.11 Å². The van der Waals surface area contributed by atoms with Crippen LogP contribution in [0.2, 0.25) is 0 Å². The molecule has 19 heavy (non-hydrogen) atoms. The van der Waals surface area contributed by atoms with Gasteiger partial charge in [0.15, 0.2) is 0 Å². The van der Waals surface area contributed by atoms with E-state index in [4.69, 9.17) is 0 Å². The highest BCUT2D eigenvalue weighted by atomic mass is 16.3. The molecule has 3 heteroatoms. The molecule has 1 aromatic heterocycles. The molecule has 1 heterocycles. The van der Waals surface area contributed by atoms with E-state index in [1.54, 1.807) is 0 Å². The highest BCUT2D eigenvalue weighted by Gasteiger charge is 2.34. The smallest absolute Gasteiger partial charge is 0.0653 e. The van der Waals surface area contributed by atoms with E-state index in [0.717, 1.165) is 31.6 Å². The second-order valence-corrected chi connectivity index (χ2v) is 6.84. The average molecular weight is 264 g/mol. The highest BCUT2D eigenvalue weighted by Crippen LogP contribution is 2.38. The molecule has 1 saturated carbocycles. The van der Waals surface area contributed by atoms with Crippen LogP contribution in [0.4, 0.5) is 0 Å². The van der Waals surface area contributed by atoms with Gasteiger partial charge in [-0.25, -0.2) is 0 Å². The van der Waals surface area contributed by atoms with Crippen molar-refractivity contribution in [1.82, 2.24) is 9.78 Å². The van der Waals surface area contributed by atoms with E-state index in [2.05, 4.69) is 25.1 Å². The Morgan fingerprint density at radius 1 is 1.53 bits per heavy atom. The maximum atomic E-state index is 10.8. The number of aromatic nitrogens is 2. The lowest BCUT2D eigenvalue weighted by atomic mass is 9.73. The predicted molar refractivity (Wildman–Crippen MR) is 77.9 cm³/mol. The lowest BCUT2D eigenvalue weighted by Crippen LogP contribution is -2.36. The first kappa shape index (κ1) is 14.6. The topological polar surface area (TPSA) is 38.1 Å². The van der Waals surface area contributed by atoms with Gasteiger partial charge in [-0.2, -0.15) is 5.10 Å². The van der Waals surface area contributed by atoms with Crippen LogP contribution < -0.4 is 0 Å². The van der Waals surface area contributed by atoms with Gasteiger partial charge in [0.2, 0.25) is 0 Å². The number of aliphatic hydroxyl groups is 1. The summed E-state index contributed by atoms with van der Waals surface area (Å²) in [5.41, 5.74) is 0.801. The fourth-order valence-corrected chi connectivity index (χ4v) is 3.53. The van der Waals surface area contributed by atoms with Gasteiger partial charge < -0.3 is 5.11 Å². The Bertz CT molecular complexity index is 399. The molecule has 1 aromatic rings. The van der Waals surface area contributed by atoms with Gasteiger partial charge >= 0.3 is 0 Å². The summed E-state index contributed by atoms with van der Waals surface area (Å²) in [6.07, 6.45) is 11.5. The SMILES string of the molecule is CC(C)CC1CCCC(O)(CCc2cnn(C)c2)C1. The molecule has 1 fully saturated rings. The molecule has 0 bridgehead atoms. The van der Waals surface area contributed by atoms with Crippen LogP contribution >= 0.6 is 0 Å². The summed E-state index contributed by atoms with van der Waals surface area (Å²) >= 11 is 0. The van der Waals surface area contributed by atoms with Crippen LogP contribution in [0.15, 0.2) is 12.4 Å². The summed E-state index contributed by atoms with van der Waals surface area (Å²) in [5.74, 6) is 1.46. The number of aryl methyl sites for hydroxylation is 2. The Kier molecular flexibility index (Phi) is 4.67. The molecule has 108 valence electrons. The monoisotopic (exact) mass is 264 g/mol. The van der Waals surface area contributed by atoms with Gasteiger partial charge in [0.25, 0.3) is 0 Å². The van der Waals surface area contributed by atoms with E-state index < -0.39 is 5.60 Å². The lowest BCUT2D eigenvalue weighted by Gasteiger charge is -2.37. The van der Waals surface area contributed by atoms with Crippen molar-refractivity contribution in [3.05, 3.63) is 18.0 Å². The van der Waals surface area contributed by atoms with Crippen molar-refractivity contribution >= 4 is 0 Å². The van der Waals surface area contributed by atoms with Gasteiger partial charge in [0, 0.05) is 13.2 Å². The second kappa shape index (κ2) is 6.08. The molecule has 0 saturated heterocycles. The largest absolute Gasteiger partial charge is 0.390 e. The van der Waals surface area contributed by atoms with E-state index in [1.165, 1.54) is 24.8 Å². The average Bonchev–Trinajstić information content (AvgIpc) is 2.72. The molecular weight excluding hydrogens is 236 g/mol. The minimum absolute atomic E-state index is 0.437. The van der Waals surface area contributed by atoms with Crippen molar-refractivity contribution in [3.63, 3.8) is 0 Å². The van der Waals surface area contributed by atoms with Gasteiger partial charge in [0.05, 0.1) is 11.8 Å². The third-order valence-corrected chi connectivity index (χ3v) is 4.37. The minimum atomic E-state index is -0.437. The van der Waals surface area contributed by atoms with Crippen LogP contribution in [-0.4, -0.2) is 20.5 Å². The van der Waals surface area contributed by atoms with Gasteiger partial charge in [-0.05, 0) is 49.5 Å². The molecule has 0 aliphatic heterocycles. The van der Waals surface area contributed by atoms with Crippen LogP contribution in [0, 0.1) is 11.8 Å². The Morgan fingerprint density at radius 2 is 2.32 bits per heavy atom. The third-order valence-electron chi connectivity index (χ3n) is 4.37. The molecule has 1 aliphatic carbocycles. The van der Waals surface area contributed by atoms with Gasteiger partial charge in [-0.1, -0.05) is 26.7 Å². The molecule has 1 aliphatic rings. The maximum absolute atomic E-state index is 10.8. The quantitative estimate of drug-likeness (QED) is 0.886. The van der Waals surface area contributed by atoms with Crippen molar-refractivity contribution in [1.29, 1.82) is 0 Å². The molecule has 0 radical (unpaired) electrons. The molecule has 2 rings (SSSR count). The van der Waals surface area contributed by atoms with Crippen LogP contribution in [-0.2, 0) is 13.5 Å². The summed E-state index contributed by atoms with van der Waals surface area (Å²) in [7, 11) is 1.94. The number of hydrogen-bond acceptors (Lipinski definition) is 2. The van der Waals surface area contributed by atoms with E-state index in [1.807, 2.05) is 17.9 Å². The molecule has 0 aromatic carbocycles. The zero-order chi connectivity index (χ0) is 13.9. The number of rotatable bonds is 5. The molecule has 0 amide bonds. The van der Waals surface area contributed by atoms with Crippen molar-refractivity contribution < 1.29 is 5.11 Å². The zero-order valence-corrected chi connectivity index (χ0v) is 12.6. The van der Waals surface area contributed by atoms with Crippen LogP contribution in [0.3, 0.4) is 0 Å². The Labute approximate surface area is 117 Å². The maximum Gasteiger partial charge on any atom is 0.0653 e. The fourth-order valence-electron chi connectivity index (χ4n) is 3.53. The van der Waals surface area contributed by atoms with Gasteiger partial charge in [-0.3, -0.25) is 4.68 Å². The molecule has 1 N–H and O–H groups in total. The molecular formula is C16H28N2O. The van der Waals surface area contributed by atoms with Crippen LogP contribution in [0.25, 0.3) is 0 Å². The van der Waals surface area contributed by atoms with Crippen molar-refractivity contribution in [2.45, 2.75) is 64.4 Å². The standard InChI is InChI=1S/C16H28N2O/c1-13(2)9-14-5-4-7-16(19,10-14)8-6-15-11-17-18(3)12-15/h11-14,19H,4-10H2,1-3H3. The lowest BCUT2D eigenvalue weighted by molar-refractivity contribution is -0.0259. The zero-order valence-electron chi connectivity index (χ0n) is 12.6. The Hall–Kier alpha value is -0.830. The molecule has 2 atom stereocenters. The first-order valence-corrected chi connectivity index (χ1v) is 7.67. The predicted octanol–water partition coefficient (Wildman–Crippen LogP) is 3.32. The Balaban J connectivity index is 1.86. The first-order chi connectivity index (χ1) is 8.97. The fraction of sp³-hybridized carbons (Fsp3) is 0.812. The minimum Gasteiger partial charge on any atom is -0.390 e. The van der Waals surface area contributed by atoms with Crippen molar-refractivity contribution in [3.8, 4) is 0 Å². The van der Waals surface area contributed by atoms with E-state index >= 15 is 0 Å². The summed E-state index contributed by atoms with van der Waals surface area (Å²) in [6.45, 7) is 4.56. The van der Waals surface area contributed by atoms with Crippen molar-refractivity contribution in [2.75, 3.05) is 0 Å².